The maximum atomic E-state index is 12.1. The van der Waals surface area contributed by atoms with Gasteiger partial charge in [0.2, 0.25) is 0 Å². The molecule has 0 unspecified atom stereocenters. The second kappa shape index (κ2) is 10.5. The number of ether oxygens (including phenoxy) is 3. The third kappa shape index (κ3) is 6.51. The molecule has 2 rings (SSSR count). The molecule has 27 heavy (non-hydrogen) atoms. The molecule has 1 N–H and O–H groups in total. The predicted octanol–water partition coefficient (Wildman–Crippen LogP) is 4.19. The van der Waals surface area contributed by atoms with Crippen molar-refractivity contribution < 1.29 is 19.0 Å². The number of carbonyl (C=O) groups excluding carboxylic acids is 1. The molecule has 1 amide bonds. The average molecular weight is 371 g/mol. The van der Waals surface area contributed by atoms with Crippen molar-refractivity contribution in [2.45, 2.75) is 40.2 Å². The van der Waals surface area contributed by atoms with Crippen LogP contribution in [-0.4, -0.2) is 26.2 Å². The lowest BCUT2D eigenvalue weighted by Gasteiger charge is -2.13. The first-order valence-corrected chi connectivity index (χ1v) is 9.30. The lowest BCUT2D eigenvalue weighted by atomic mass is 10.1. The van der Waals surface area contributed by atoms with Crippen LogP contribution in [0, 0.1) is 13.8 Å². The molecule has 146 valence electrons. The van der Waals surface area contributed by atoms with Crippen molar-refractivity contribution in [1.82, 2.24) is 5.32 Å². The van der Waals surface area contributed by atoms with Crippen LogP contribution in [0.15, 0.2) is 36.4 Å². The molecular weight excluding hydrogens is 342 g/mol. The highest BCUT2D eigenvalue weighted by Gasteiger charge is 2.08. The Bertz CT molecular complexity index is 758. The molecule has 0 fully saturated rings. The Morgan fingerprint density at radius 3 is 2.56 bits per heavy atom. The zero-order valence-corrected chi connectivity index (χ0v) is 16.6. The topological polar surface area (TPSA) is 56.8 Å². The first-order valence-electron chi connectivity index (χ1n) is 9.30. The van der Waals surface area contributed by atoms with E-state index >= 15 is 0 Å². The lowest BCUT2D eigenvalue weighted by molar-refractivity contribution is -0.123. The number of hydrogen-bond acceptors (Lipinski definition) is 4. The highest BCUT2D eigenvalue weighted by Crippen LogP contribution is 2.28. The van der Waals surface area contributed by atoms with E-state index in [1.807, 2.05) is 50.2 Å². The van der Waals surface area contributed by atoms with Gasteiger partial charge in [-0.1, -0.05) is 31.5 Å². The van der Waals surface area contributed by atoms with Crippen LogP contribution in [0.25, 0.3) is 0 Å². The van der Waals surface area contributed by atoms with Gasteiger partial charge in [-0.3, -0.25) is 4.79 Å². The highest BCUT2D eigenvalue weighted by molar-refractivity contribution is 5.77. The van der Waals surface area contributed by atoms with Gasteiger partial charge in [-0.05, 0) is 55.2 Å². The third-order valence-corrected chi connectivity index (χ3v) is 4.18. The van der Waals surface area contributed by atoms with E-state index in [1.54, 1.807) is 7.11 Å². The van der Waals surface area contributed by atoms with Gasteiger partial charge in [0.1, 0.15) is 5.75 Å². The zero-order chi connectivity index (χ0) is 19.6. The Labute approximate surface area is 161 Å². The fraction of sp³-hybridized carbons (Fsp3) is 0.409. The summed E-state index contributed by atoms with van der Waals surface area (Å²) in [5.41, 5.74) is 3.05. The summed E-state index contributed by atoms with van der Waals surface area (Å²) in [5.74, 6) is 1.96. The van der Waals surface area contributed by atoms with Gasteiger partial charge in [-0.25, -0.2) is 0 Å². The summed E-state index contributed by atoms with van der Waals surface area (Å²) in [6.45, 7) is 7.13. The second-order valence-corrected chi connectivity index (χ2v) is 6.52. The van der Waals surface area contributed by atoms with Crippen LogP contribution >= 0.6 is 0 Å². The largest absolute Gasteiger partial charge is 0.493 e. The molecule has 5 heteroatoms. The molecule has 0 bridgehead atoms. The predicted molar refractivity (Wildman–Crippen MR) is 107 cm³/mol. The first-order chi connectivity index (χ1) is 13.0. The Balaban J connectivity index is 1.86. The van der Waals surface area contributed by atoms with Gasteiger partial charge in [0, 0.05) is 6.54 Å². The van der Waals surface area contributed by atoms with Gasteiger partial charge in [-0.15, -0.1) is 0 Å². The van der Waals surface area contributed by atoms with Gasteiger partial charge < -0.3 is 19.5 Å². The number of benzene rings is 2. The third-order valence-electron chi connectivity index (χ3n) is 4.18. The van der Waals surface area contributed by atoms with E-state index in [1.165, 1.54) is 0 Å². The standard InChI is InChI=1S/C22H29NO4/c1-5-6-11-26-19-10-9-18(13-21(19)25-4)14-23-22(24)15-27-20-12-16(2)7-8-17(20)3/h7-10,12-13H,5-6,11,14-15H2,1-4H3,(H,23,24). The van der Waals surface area contributed by atoms with Crippen molar-refractivity contribution in [1.29, 1.82) is 0 Å². The Hall–Kier alpha value is -2.69. The van der Waals surface area contributed by atoms with E-state index in [0.717, 1.165) is 41.0 Å². The van der Waals surface area contributed by atoms with Crippen LogP contribution in [0.3, 0.4) is 0 Å². The number of methoxy groups -OCH3 is 1. The number of hydrogen-bond donors (Lipinski definition) is 1. The molecular formula is C22H29NO4. The quantitative estimate of drug-likeness (QED) is 0.637. The summed E-state index contributed by atoms with van der Waals surface area (Å²) in [7, 11) is 1.61. The van der Waals surface area contributed by atoms with Gasteiger partial charge >= 0.3 is 0 Å². The van der Waals surface area contributed by atoms with Crippen LogP contribution in [0.4, 0.5) is 0 Å². The van der Waals surface area contributed by atoms with Gasteiger partial charge in [0.25, 0.3) is 5.91 Å². The normalized spacial score (nSPS) is 10.4. The van der Waals surface area contributed by atoms with Crippen molar-refractivity contribution in [2.24, 2.45) is 0 Å². The van der Waals surface area contributed by atoms with Crippen molar-refractivity contribution in [3.8, 4) is 17.2 Å². The minimum Gasteiger partial charge on any atom is -0.493 e. The molecule has 0 saturated heterocycles. The second-order valence-electron chi connectivity index (χ2n) is 6.52. The minimum absolute atomic E-state index is 0.0142. The number of aryl methyl sites for hydroxylation is 2. The summed E-state index contributed by atoms with van der Waals surface area (Å²) in [5, 5.41) is 2.87. The van der Waals surface area contributed by atoms with Crippen LogP contribution in [0.1, 0.15) is 36.5 Å². The number of rotatable bonds is 10. The fourth-order valence-corrected chi connectivity index (χ4v) is 2.53. The monoisotopic (exact) mass is 371 g/mol. The van der Waals surface area contributed by atoms with E-state index in [2.05, 4.69) is 12.2 Å². The number of unbranched alkanes of at least 4 members (excludes halogenated alkanes) is 1. The molecule has 2 aromatic carbocycles. The molecule has 0 spiro atoms. The van der Waals surface area contributed by atoms with Gasteiger partial charge in [0.05, 0.1) is 13.7 Å². The smallest absolute Gasteiger partial charge is 0.258 e. The van der Waals surface area contributed by atoms with Crippen molar-refractivity contribution in [2.75, 3.05) is 20.3 Å². The Kier molecular flexibility index (Phi) is 7.99. The molecule has 0 heterocycles. The summed E-state index contributed by atoms with van der Waals surface area (Å²) >= 11 is 0. The summed E-state index contributed by atoms with van der Waals surface area (Å²) in [6.07, 6.45) is 2.08. The van der Waals surface area contributed by atoms with Crippen molar-refractivity contribution in [3.05, 3.63) is 53.1 Å². The first kappa shape index (κ1) is 20.6. The molecule has 0 aromatic heterocycles. The average Bonchev–Trinajstić information content (AvgIpc) is 2.67. The van der Waals surface area contributed by atoms with E-state index in [9.17, 15) is 4.79 Å². The van der Waals surface area contributed by atoms with Gasteiger partial charge in [0.15, 0.2) is 18.1 Å². The van der Waals surface area contributed by atoms with E-state index in [4.69, 9.17) is 14.2 Å². The van der Waals surface area contributed by atoms with Crippen LogP contribution in [0.5, 0.6) is 17.2 Å². The molecule has 2 aromatic rings. The zero-order valence-electron chi connectivity index (χ0n) is 16.6. The van der Waals surface area contributed by atoms with E-state index in [0.29, 0.717) is 18.9 Å². The number of carbonyl (C=O) groups is 1. The van der Waals surface area contributed by atoms with Crippen molar-refractivity contribution >= 4 is 5.91 Å². The fourth-order valence-electron chi connectivity index (χ4n) is 2.53. The maximum Gasteiger partial charge on any atom is 0.258 e. The molecule has 0 radical (unpaired) electrons. The van der Waals surface area contributed by atoms with Gasteiger partial charge in [-0.2, -0.15) is 0 Å². The van der Waals surface area contributed by atoms with E-state index < -0.39 is 0 Å². The highest BCUT2D eigenvalue weighted by atomic mass is 16.5. The lowest BCUT2D eigenvalue weighted by Crippen LogP contribution is -2.28. The maximum absolute atomic E-state index is 12.1. The Morgan fingerprint density at radius 1 is 1.00 bits per heavy atom. The SMILES string of the molecule is CCCCOc1ccc(CNC(=O)COc2cc(C)ccc2C)cc1OC. The van der Waals surface area contributed by atoms with Crippen molar-refractivity contribution in [3.63, 3.8) is 0 Å². The van der Waals surface area contributed by atoms with Crippen LogP contribution < -0.4 is 19.5 Å². The van der Waals surface area contributed by atoms with E-state index in [-0.39, 0.29) is 12.5 Å². The summed E-state index contributed by atoms with van der Waals surface area (Å²) in [6, 6.07) is 11.6. The van der Waals surface area contributed by atoms with Crippen LogP contribution in [-0.2, 0) is 11.3 Å². The Morgan fingerprint density at radius 2 is 1.81 bits per heavy atom. The molecule has 0 saturated carbocycles. The molecule has 0 aliphatic rings. The molecule has 5 nitrogen and oxygen atoms in total. The molecule has 0 atom stereocenters. The molecule has 0 aliphatic carbocycles. The molecule has 0 aliphatic heterocycles. The van der Waals surface area contributed by atoms with Crippen LogP contribution in [0.2, 0.25) is 0 Å². The number of nitrogens with one attached hydrogen (secondary N) is 1. The minimum atomic E-state index is -0.168. The summed E-state index contributed by atoms with van der Waals surface area (Å²) in [4.78, 5) is 12.1. The summed E-state index contributed by atoms with van der Waals surface area (Å²) < 4.78 is 16.7. The number of amides is 1.